The Morgan fingerprint density at radius 1 is 1.19 bits per heavy atom. The second-order valence-electron chi connectivity index (χ2n) is 8.95. The van der Waals surface area contributed by atoms with E-state index in [1.807, 2.05) is 7.05 Å². The zero-order valence-corrected chi connectivity index (χ0v) is 21.7. The normalized spacial score (nSPS) is 21.0. The molecule has 0 spiro atoms. The molecule has 2 fully saturated rings. The zero-order chi connectivity index (χ0) is 21.3. The van der Waals surface area contributed by atoms with Crippen molar-refractivity contribution in [3.05, 3.63) is 35.9 Å². The second-order valence-corrected chi connectivity index (χ2v) is 8.95. The van der Waals surface area contributed by atoms with E-state index in [-0.39, 0.29) is 35.9 Å². The SMILES string of the molecule is CN=C(NCC(C)N(C)Cc1ccccc1)NC1CCN(C(=O)C2CCCCC2)C1.I. The molecule has 7 heteroatoms. The Labute approximate surface area is 205 Å². The standard InChI is InChI=1S/C24H39N5O.HI/c1-19(28(3)17-20-10-6-4-7-11-20)16-26-24(25-2)27-22-14-15-29(18-22)23(30)21-12-8-5-9-13-21;/h4,6-7,10-11,19,21-22H,5,8-9,12-18H2,1-3H3,(H2,25,26,27);1H. The molecule has 3 rings (SSSR count). The van der Waals surface area contributed by atoms with Gasteiger partial charge in [0.25, 0.3) is 0 Å². The molecule has 2 N–H and O–H groups in total. The van der Waals surface area contributed by atoms with Crippen molar-refractivity contribution in [3.63, 3.8) is 0 Å². The van der Waals surface area contributed by atoms with Gasteiger partial charge in [0.1, 0.15) is 0 Å². The largest absolute Gasteiger partial charge is 0.355 e. The van der Waals surface area contributed by atoms with E-state index >= 15 is 0 Å². The van der Waals surface area contributed by atoms with Crippen molar-refractivity contribution < 1.29 is 4.79 Å². The molecule has 0 aromatic heterocycles. The molecule has 1 aliphatic heterocycles. The lowest BCUT2D eigenvalue weighted by atomic mass is 9.88. The molecule has 1 aliphatic carbocycles. The highest BCUT2D eigenvalue weighted by atomic mass is 127. The maximum atomic E-state index is 12.8. The van der Waals surface area contributed by atoms with Gasteiger partial charge in [-0.3, -0.25) is 14.7 Å². The first kappa shape index (κ1) is 25.9. The molecule has 0 bridgehead atoms. The third-order valence-electron chi connectivity index (χ3n) is 6.61. The summed E-state index contributed by atoms with van der Waals surface area (Å²) in [6, 6.07) is 11.2. The van der Waals surface area contributed by atoms with Gasteiger partial charge in [-0.25, -0.2) is 0 Å². The minimum absolute atomic E-state index is 0. The number of carbonyl (C=O) groups is 1. The van der Waals surface area contributed by atoms with E-state index in [0.29, 0.717) is 11.9 Å². The van der Waals surface area contributed by atoms with Crippen LogP contribution in [0.25, 0.3) is 0 Å². The maximum absolute atomic E-state index is 12.8. The number of carbonyl (C=O) groups excluding carboxylic acids is 1. The molecule has 1 saturated carbocycles. The summed E-state index contributed by atoms with van der Waals surface area (Å²) in [5, 5.41) is 6.99. The van der Waals surface area contributed by atoms with Crippen LogP contribution in [0.5, 0.6) is 0 Å². The molecular formula is C24H40IN5O. The highest BCUT2D eigenvalue weighted by Gasteiger charge is 2.31. The first-order chi connectivity index (χ1) is 14.6. The average Bonchev–Trinajstić information content (AvgIpc) is 3.25. The van der Waals surface area contributed by atoms with Crippen LogP contribution in [0.15, 0.2) is 35.3 Å². The minimum Gasteiger partial charge on any atom is -0.355 e. The predicted molar refractivity (Wildman–Crippen MR) is 139 cm³/mol. The van der Waals surface area contributed by atoms with Crippen molar-refractivity contribution in [2.45, 2.75) is 64.1 Å². The highest BCUT2D eigenvalue weighted by Crippen LogP contribution is 2.26. The second kappa shape index (κ2) is 13.3. The number of benzene rings is 1. The quantitative estimate of drug-likeness (QED) is 0.316. The van der Waals surface area contributed by atoms with Gasteiger partial charge in [0.2, 0.25) is 5.91 Å². The maximum Gasteiger partial charge on any atom is 0.225 e. The highest BCUT2D eigenvalue weighted by molar-refractivity contribution is 14.0. The fourth-order valence-electron chi connectivity index (χ4n) is 4.50. The van der Waals surface area contributed by atoms with Crippen LogP contribution < -0.4 is 10.6 Å². The first-order valence-corrected chi connectivity index (χ1v) is 11.6. The van der Waals surface area contributed by atoms with Gasteiger partial charge in [0.05, 0.1) is 0 Å². The molecule has 1 amide bonds. The predicted octanol–water partition coefficient (Wildman–Crippen LogP) is 3.47. The van der Waals surface area contributed by atoms with E-state index < -0.39 is 0 Å². The van der Waals surface area contributed by atoms with Gasteiger partial charge in [0, 0.05) is 51.2 Å². The average molecular weight is 542 g/mol. The number of likely N-dealkylation sites (N-methyl/N-ethyl adjacent to an activating group) is 1. The van der Waals surface area contributed by atoms with Gasteiger partial charge in [-0.1, -0.05) is 49.6 Å². The molecule has 1 aromatic rings. The Balaban J connectivity index is 0.00000341. The molecule has 6 nitrogen and oxygen atoms in total. The monoisotopic (exact) mass is 541 g/mol. The number of halogens is 1. The first-order valence-electron chi connectivity index (χ1n) is 11.6. The van der Waals surface area contributed by atoms with E-state index in [4.69, 9.17) is 0 Å². The Hall–Kier alpha value is -1.35. The van der Waals surface area contributed by atoms with E-state index in [1.165, 1.54) is 24.8 Å². The number of rotatable bonds is 7. The van der Waals surface area contributed by atoms with Crippen molar-refractivity contribution in [1.29, 1.82) is 0 Å². The van der Waals surface area contributed by atoms with Crippen molar-refractivity contribution in [2.75, 3.05) is 33.7 Å². The van der Waals surface area contributed by atoms with Crippen molar-refractivity contribution in [1.82, 2.24) is 20.4 Å². The number of hydrogen-bond donors (Lipinski definition) is 2. The van der Waals surface area contributed by atoms with Crippen LogP contribution >= 0.6 is 24.0 Å². The number of hydrogen-bond acceptors (Lipinski definition) is 3. The molecule has 174 valence electrons. The third kappa shape index (κ3) is 7.93. The van der Waals surface area contributed by atoms with Gasteiger partial charge >= 0.3 is 0 Å². The molecule has 2 unspecified atom stereocenters. The lowest BCUT2D eigenvalue weighted by Gasteiger charge is -2.27. The van der Waals surface area contributed by atoms with Gasteiger partial charge in [-0.05, 0) is 38.8 Å². The van der Waals surface area contributed by atoms with E-state index in [2.05, 4.69) is 69.7 Å². The summed E-state index contributed by atoms with van der Waals surface area (Å²) >= 11 is 0. The Morgan fingerprint density at radius 3 is 2.58 bits per heavy atom. The summed E-state index contributed by atoms with van der Waals surface area (Å²) in [4.78, 5) is 21.6. The Kier molecular flexibility index (Phi) is 11.1. The van der Waals surface area contributed by atoms with Crippen LogP contribution in [0.1, 0.15) is 51.0 Å². The van der Waals surface area contributed by atoms with Gasteiger partial charge < -0.3 is 15.5 Å². The summed E-state index contributed by atoms with van der Waals surface area (Å²) in [7, 11) is 3.97. The van der Waals surface area contributed by atoms with Gasteiger partial charge in [0.15, 0.2) is 5.96 Å². The van der Waals surface area contributed by atoms with Crippen LogP contribution in [-0.2, 0) is 11.3 Å². The Morgan fingerprint density at radius 2 is 1.90 bits per heavy atom. The summed E-state index contributed by atoms with van der Waals surface area (Å²) in [6.45, 7) is 5.63. The number of nitrogens with zero attached hydrogens (tertiary/aromatic N) is 3. The zero-order valence-electron chi connectivity index (χ0n) is 19.3. The molecule has 2 atom stereocenters. The summed E-state index contributed by atoms with van der Waals surface area (Å²) < 4.78 is 0. The van der Waals surface area contributed by atoms with Crippen LogP contribution in [0.4, 0.5) is 0 Å². The van der Waals surface area contributed by atoms with Crippen molar-refractivity contribution in [3.8, 4) is 0 Å². The number of guanidine groups is 1. The summed E-state index contributed by atoms with van der Waals surface area (Å²) in [6.07, 6.45) is 6.84. The summed E-state index contributed by atoms with van der Waals surface area (Å²) in [5.74, 6) is 1.46. The number of aliphatic imine (C=N–C) groups is 1. The Bertz CT molecular complexity index is 692. The topological polar surface area (TPSA) is 60.0 Å². The van der Waals surface area contributed by atoms with Crippen LogP contribution in [0.2, 0.25) is 0 Å². The van der Waals surface area contributed by atoms with Crippen molar-refractivity contribution >= 4 is 35.8 Å². The minimum atomic E-state index is 0. The number of nitrogens with one attached hydrogen (secondary N) is 2. The van der Waals surface area contributed by atoms with Crippen molar-refractivity contribution in [2.24, 2.45) is 10.9 Å². The summed E-state index contributed by atoms with van der Waals surface area (Å²) in [5.41, 5.74) is 1.32. The fourth-order valence-corrected chi connectivity index (χ4v) is 4.50. The third-order valence-corrected chi connectivity index (χ3v) is 6.61. The van der Waals surface area contributed by atoms with Crippen LogP contribution in [-0.4, -0.2) is 67.5 Å². The molecule has 1 saturated heterocycles. The fraction of sp³-hybridized carbons (Fsp3) is 0.667. The van der Waals surface area contributed by atoms with Gasteiger partial charge in [-0.2, -0.15) is 0 Å². The lowest BCUT2D eigenvalue weighted by molar-refractivity contribution is -0.135. The lowest BCUT2D eigenvalue weighted by Crippen LogP contribution is -2.48. The number of amides is 1. The van der Waals surface area contributed by atoms with Gasteiger partial charge in [-0.15, -0.1) is 24.0 Å². The van der Waals surface area contributed by atoms with Crippen LogP contribution in [0.3, 0.4) is 0 Å². The van der Waals surface area contributed by atoms with E-state index in [0.717, 1.165) is 51.4 Å². The molecule has 1 aromatic carbocycles. The number of likely N-dealkylation sites (tertiary alicyclic amines) is 1. The van der Waals surface area contributed by atoms with E-state index in [9.17, 15) is 4.79 Å². The molecule has 2 aliphatic rings. The molecule has 31 heavy (non-hydrogen) atoms. The van der Waals surface area contributed by atoms with E-state index in [1.54, 1.807) is 0 Å². The molecular weight excluding hydrogens is 501 g/mol. The molecule has 1 heterocycles. The van der Waals surface area contributed by atoms with Crippen LogP contribution in [0, 0.1) is 5.92 Å². The molecule has 0 radical (unpaired) electrons. The smallest absolute Gasteiger partial charge is 0.225 e.